The third-order valence-corrected chi connectivity index (χ3v) is 7.29. The molecular formula is C23H21Cl2N5O7S. The molecule has 0 saturated carbocycles. The van der Waals surface area contributed by atoms with Crippen molar-refractivity contribution in [2.24, 2.45) is 0 Å². The monoisotopic (exact) mass is 581 g/mol. The lowest BCUT2D eigenvalue weighted by atomic mass is 10.1. The minimum absolute atomic E-state index is 0.0495. The number of aliphatic carboxylic acids is 1. The highest BCUT2D eigenvalue weighted by atomic mass is 35.5. The third-order valence-electron chi connectivity index (χ3n) is 5.03. The van der Waals surface area contributed by atoms with E-state index in [1.807, 2.05) is 0 Å². The molecule has 0 spiro atoms. The molecule has 1 aromatic carbocycles. The Labute approximate surface area is 227 Å². The topological polar surface area (TPSA) is 189 Å². The van der Waals surface area contributed by atoms with Crippen LogP contribution in [0, 0.1) is 0 Å². The first kappa shape index (κ1) is 28.8. The van der Waals surface area contributed by atoms with Crippen molar-refractivity contribution in [2.75, 3.05) is 16.4 Å². The van der Waals surface area contributed by atoms with E-state index in [0.717, 1.165) is 6.07 Å². The number of amides is 1. The average molecular weight is 582 g/mol. The fraction of sp³-hybridized carbons (Fsp3) is 0.217. The van der Waals surface area contributed by atoms with Gasteiger partial charge in [-0.2, -0.15) is 0 Å². The second-order valence-electron chi connectivity index (χ2n) is 7.91. The van der Waals surface area contributed by atoms with Crippen LogP contribution in [0.3, 0.4) is 0 Å². The van der Waals surface area contributed by atoms with E-state index in [-0.39, 0.29) is 40.0 Å². The van der Waals surface area contributed by atoms with Crippen LogP contribution in [0.2, 0.25) is 10.0 Å². The standard InChI is InChI=1S/C23H21Cl2N5O7S/c1-2-7-38(36,37)23-29-17(22(34)35)9-18(30-23)28-16(21(32)33)8-12-3-5-13(6-4-12)27-20(31)19-14(24)10-26-11-15(19)25/h3-6,9-11,16H,2,7-8H2,1H3,(H,27,31)(H,32,33)(H,34,35)(H,28,29,30)/t16-/m0/s1. The average Bonchev–Trinajstić information content (AvgIpc) is 2.84. The van der Waals surface area contributed by atoms with E-state index >= 15 is 0 Å². The number of carbonyl (C=O) groups excluding carboxylic acids is 1. The molecule has 15 heteroatoms. The largest absolute Gasteiger partial charge is 0.480 e. The van der Waals surface area contributed by atoms with Crippen LogP contribution < -0.4 is 10.6 Å². The van der Waals surface area contributed by atoms with Crippen molar-refractivity contribution in [1.29, 1.82) is 0 Å². The maximum Gasteiger partial charge on any atom is 0.354 e. The van der Waals surface area contributed by atoms with Gasteiger partial charge in [-0.05, 0) is 24.1 Å². The van der Waals surface area contributed by atoms with Gasteiger partial charge in [0.1, 0.15) is 11.9 Å². The van der Waals surface area contributed by atoms with E-state index in [2.05, 4.69) is 25.6 Å². The zero-order chi connectivity index (χ0) is 28.0. The number of halogens is 2. The molecule has 1 atom stereocenters. The number of nitrogens with zero attached hydrogens (tertiary/aromatic N) is 3. The van der Waals surface area contributed by atoms with Gasteiger partial charge in [-0.15, -0.1) is 0 Å². The van der Waals surface area contributed by atoms with Gasteiger partial charge in [0.05, 0.1) is 21.4 Å². The van der Waals surface area contributed by atoms with Crippen LogP contribution >= 0.6 is 23.2 Å². The third kappa shape index (κ3) is 7.15. The zero-order valence-electron chi connectivity index (χ0n) is 19.7. The van der Waals surface area contributed by atoms with Gasteiger partial charge in [0.2, 0.25) is 15.0 Å². The van der Waals surface area contributed by atoms with Crippen LogP contribution in [0.1, 0.15) is 39.8 Å². The van der Waals surface area contributed by atoms with Gasteiger partial charge in [-0.25, -0.2) is 28.0 Å². The number of nitrogens with one attached hydrogen (secondary N) is 2. The van der Waals surface area contributed by atoms with Gasteiger partial charge in [0, 0.05) is 30.6 Å². The molecule has 0 aliphatic rings. The number of carboxylic acids is 2. The number of carbonyl (C=O) groups is 3. The summed E-state index contributed by atoms with van der Waals surface area (Å²) in [6, 6.07) is 5.88. The molecular weight excluding hydrogens is 561 g/mol. The highest BCUT2D eigenvalue weighted by molar-refractivity contribution is 7.91. The number of hydrogen-bond donors (Lipinski definition) is 4. The van der Waals surface area contributed by atoms with Crippen LogP contribution in [0.15, 0.2) is 47.9 Å². The minimum Gasteiger partial charge on any atom is -0.480 e. The lowest BCUT2D eigenvalue weighted by molar-refractivity contribution is -0.137. The van der Waals surface area contributed by atoms with Gasteiger partial charge in [0.15, 0.2) is 5.69 Å². The smallest absolute Gasteiger partial charge is 0.354 e. The molecule has 0 radical (unpaired) electrons. The maximum atomic E-state index is 12.5. The summed E-state index contributed by atoms with van der Waals surface area (Å²) in [7, 11) is -3.97. The molecule has 1 amide bonds. The van der Waals surface area contributed by atoms with Crippen LogP contribution in [0.4, 0.5) is 11.5 Å². The predicted molar refractivity (Wildman–Crippen MR) is 139 cm³/mol. The molecule has 2 aromatic heterocycles. The van der Waals surface area contributed by atoms with E-state index < -0.39 is 44.6 Å². The fourth-order valence-electron chi connectivity index (χ4n) is 3.27. The van der Waals surface area contributed by atoms with Gasteiger partial charge < -0.3 is 20.8 Å². The summed E-state index contributed by atoms with van der Waals surface area (Å²) >= 11 is 12.0. The zero-order valence-corrected chi connectivity index (χ0v) is 22.0. The molecule has 0 fully saturated rings. The Hall–Kier alpha value is -3.81. The lowest BCUT2D eigenvalue weighted by Gasteiger charge is -2.16. The molecule has 0 aliphatic heterocycles. The quantitative estimate of drug-likeness (QED) is 0.243. The normalized spacial score (nSPS) is 12.0. The van der Waals surface area contributed by atoms with E-state index in [9.17, 15) is 33.0 Å². The van der Waals surface area contributed by atoms with Gasteiger partial charge >= 0.3 is 11.9 Å². The predicted octanol–water partition coefficient (Wildman–Crippen LogP) is 3.42. The summed E-state index contributed by atoms with van der Waals surface area (Å²) in [6.45, 7) is 1.62. The molecule has 0 saturated heterocycles. The fourth-order valence-corrected chi connectivity index (χ4v) is 5.00. The first-order chi connectivity index (χ1) is 17.9. The van der Waals surface area contributed by atoms with Crippen molar-refractivity contribution < 1.29 is 33.0 Å². The van der Waals surface area contributed by atoms with Crippen molar-refractivity contribution in [3.8, 4) is 0 Å². The van der Waals surface area contributed by atoms with Crippen molar-refractivity contribution in [3.63, 3.8) is 0 Å². The molecule has 2 heterocycles. The molecule has 3 rings (SSSR count). The highest BCUT2D eigenvalue weighted by Crippen LogP contribution is 2.24. The second kappa shape index (κ2) is 12.2. The van der Waals surface area contributed by atoms with Crippen LogP contribution in [-0.2, 0) is 21.1 Å². The molecule has 0 unspecified atom stereocenters. The van der Waals surface area contributed by atoms with Crippen molar-refractivity contribution in [2.45, 2.75) is 31.0 Å². The molecule has 12 nitrogen and oxygen atoms in total. The summed E-state index contributed by atoms with van der Waals surface area (Å²) in [5, 5.41) is 23.7. The molecule has 0 aliphatic carbocycles. The van der Waals surface area contributed by atoms with E-state index in [1.54, 1.807) is 19.1 Å². The number of pyridine rings is 1. The van der Waals surface area contributed by atoms with Gasteiger partial charge in [-0.1, -0.05) is 42.3 Å². The number of sulfone groups is 1. The first-order valence-corrected chi connectivity index (χ1v) is 13.4. The van der Waals surface area contributed by atoms with E-state index in [4.69, 9.17) is 23.2 Å². The molecule has 3 aromatic rings. The number of anilines is 2. The summed E-state index contributed by atoms with van der Waals surface area (Å²) in [5.74, 6) is -3.93. The number of benzene rings is 1. The van der Waals surface area contributed by atoms with Crippen molar-refractivity contribution >= 4 is 62.4 Å². The maximum absolute atomic E-state index is 12.5. The van der Waals surface area contributed by atoms with E-state index in [1.165, 1.54) is 24.5 Å². The Balaban J connectivity index is 1.79. The molecule has 200 valence electrons. The van der Waals surface area contributed by atoms with Crippen LogP contribution in [-0.4, -0.2) is 63.2 Å². The first-order valence-electron chi connectivity index (χ1n) is 10.9. The van der Waals surface area contributed by atoms with Crippen LogP contribution in [0.5, 0.6) is 0 Å². The number of aromatic nitrogens is 3. The molecule has 4 N–H and O–H groups in total. The van der Waals surface area contributed by atoms with Crippen LogP contribution in [0.25, 0.3) is 0 Å². The molecule has 0 bridgehead atoms. The molecule has 38 heavy (non-hydrogen) atoms. The Bertz CT molecular complexity index is 1460. The van der Waals surface area contributed by atoms with Crippen molar-refractivity contribution in [3.05, 3.63) is 69.6 Å². The lowest BCUT2D eigenvalue weighted by Crippen LogP contribution is -2.32. The Morgan fingerprint density at radius 1 is 1.03 bits per heavy atom. The van der Waals surface area contributed by atoms with E-state index in [0.29, 0.717) is 11.3 Å². The SMILES string of the molecule is CCCS(=O)(=O)c1nc(N[C@@H](Cc2ccc(NC(=O)c3c(Cl)cncc3Cl)cc2)C(=O)O)cc(C(=O)O)n1. The minimum atomic E-state index is -3.97. The number of carboxylic acid groups (broad SMARTS) is 2. The summed E-state index contributed by atoms with van der Waals surface area (Å²) < 4.78 is 24.8. The Kier molecular flexibility index (Phi) is 9.20. The Morgan fingerprint density at radius 2 is 1.66 bits per heavy atom. The van der Waals surface area contributed by atoms with Gasteiger partial charge in [0.25, 0.3) is 5.91 Å². The highest BCUT2D eigenvalue weighted by Gasteiger charge is 2.24. The summed E-state index contributed by atoms with van der Waals surface area (Å²) in [5.41, 5.74) is 0.369. The summed E-state index contributed by atoms with van der Waals surface area (Å²) in [6.07, 6.45) is 2.73. The summed E-state index contributed by atoms with van der Waals surface area (Å²) in [4.78, 5) is 47.1. The van der Waals surface area contributed by atoms with Crippen molar-refractivity contribution in [1.82, 2.24) is 15.0 Å². The Morgan fingerprint density at radius 3 is 2.21 bits per heavy atom. The number of hydrogen-bond acceptors (Lipinski definition) is 9. The second-order valence-corrected chi connectivity index (χ2v) is 10.7. The number of rotatable bonds is 11. The number of aromatic carboxylic acids is 1. The van der Waals surface area contributed by atoms with Gasteiger partial charge in [-0.3, -0.25) is 9.78 Å².